The summed E-state index contributed by atoms with van der Waals surface area (Å²) in [5.41, 5.74) is 25.5. The average molecular weight is 1270 g/mol. The number of para-hydroxylation sites is 2. The first-order valence-electron chi connectivity index (χ1n) is 35.0. The molecule has 0 amide bonds. The molecule has 97 heavy (non-hydrogen) atoms. The minimum Gasteiger partial charge on any atom is -0.293 e. The zero-order valence-corrected chi connectivity index (χ0v) is 57.7. The molecule has 4 heteroatoms. The molecule has 2 heterocycles. The Morgan fingerprint density at radius 3 is 1.87 bits per heavy atom. The summed E-state index contributed by atoms with van der Waals surface area (Å²) >= 11 is 0. The normalized spacial score (nSPS) is 15.9. The Kier molecular flexibility index (Phi) is 23.1. The standard InChI is InChI=1S/C90H84N4.C3H8.H2/c1-8-13-15-21-33-65(7)89-91-85-63-74(52-56-87(85)93(89)79-42-28-19-29-43-79)72-50-54-83-82(78-59-76(64(6)10-3)58-77(60-78)67(11-4)36-14-9-2)53-49-70(73-51-55-88-86(62-73)92-90(71-39-26-18-27-40-71)94(88)80-44-30-20-31-45-80)41-32-46-81(84(83)61-72)75(48-47-66-34-22-16-23-35-66)57-68(12-5)69-37-24-17-25-38-69;1-3-2;/h9-12,14,16-17,19-20,22-26,28-32,34-45,48-52,54-63H,2,5,7-8,13,15,18,21,27,33,46-47,53H2,1,3-4,6H3;3H2,1-2H3;1H/b36-14-,41-32-,64-10+,67-11+,68-57+,70-49+,75-48+,83-82+,84-81+;;. The molecule has 10 aromatic rings. The van der Waals surface area contributed by atoms with Gasteiger partial charge in [-0.2, -0.15) is 0 Å². The first-order valence-corrected chi connectivity index (χ1v) is 35.0. The number of hydrogen-bond donors (Lipinski definition) is 0. The van der Waals surface area contributed by atoms with E-state index in [4.69, 9.17) is 9.97 Å². The van der Waals surface area contributed by atoms with Gasteiger partial charge in [0, 0.05) is 18.4 Å². The van der Waals surface area contributed by atoms with Gasteiger partial charge in [0.15, 0.2) is 0 Å². The van der Waals surface area contributed by atoms with Crippen LogP contribution in [0.2, 0.25) is 0 Å². The SMILES string of the molecule is C=C/C=C\C(=C/C)c1cc(/C(C)=C/C)cc(\C2=c3/ccc(-c4ccc5c(c4)nc(C(=C)CCCCCC)n5-c4ccccc4)c/c3=C(C(=C\Cc3ccccc3)\C=C(/C=C)c3ccccc3)/C/C=C\C(c3ccc4c(c3)nc(C3=CCCC=C3)n4-c3ccccc3)=C/C2)c1.CCC.[HH]. The third-order valence-electron chi connectivity index (χ3n) is 18.3. The van der Waals surface area contributed by atoms with Crippen LogP contribution in [-0.2, 0) is 6.42 Å². The number of aromatic nitrogens is 4. The number of unbranched alkanes of at least 4 members (excludes halogenated alkanes) is 3. The molecule has 0 bridgehead atoms. The van der Waals surface area contributed by atoms with Crippen molar-refractivity contribution in [1.29, 1.82) is 0 Å². The summed E-state index contributed by atoms with van der Waals surface area (Å²) in [7, 11) is 0. The van der Waals surface area contributed by atoms with E-state index in [1.54, 1.807) is 0 Å². The Balaban J connectivity index is 0.00000256. The van der Waals surface area contributed by atoms with Gasteiger partial charge in [-0.3, -0.25) is 9.13 Å². The summed E-state index contributed by atoms with van der Waals surface area (Å²) in [5, 5.41) is 2.33. The van der Waals surface area contributed by atoms with Crippen LogP contribution < -0.4 is 10.4 Å². The van der Waals surface area contributed by atoms with Crippen molar-refractivity contribution in [2.45, 2.75) is 112 Å². The zero-order valence-electron chi connectivity index (χ0n) is 57.7. The fourth-order valence-electron chi connectivity index (χ4n) is 13.1. The summed E-state index contributed by atoms with van der Waals surface area (Å²) in [5.74, 6) is 1.87. The molecule has 2 aromatic heterocycles. The van der Waals surface area contributed by atoms with Gasteiger partial charge in [0.05, 0.1) is 22.1 Å². The highest BCUT2D eigenvalue weighted by atomic mass is 15.1. The van der Waals surface area contributed by atoms with Crippen molar-refractivity contribution in [1.82, 2.24) is 19.1 Å². The molecule has 0 unspecified atom stereocenters. The molecular weight excluding hydrogens is 1170 g/mol. The number of fused-ring (bicyclic) bond motifs is 3. The molecule has 2 aliphatic rings. The van der Waals surface area contributed by atoms with Gasteiger partial charge in [0.25, 0.3) is 0 Å². The molecule has 0 saturated carbocycles. The first-order chi connectivity index (χ1) is 47.6. The van der Waals surface area contributed by atoms with E-state index < -0.39 is 0 Å². The van der Waals surface area contributed by atoms with Crippen molar-refractivity contribution >= 4 is 66.7 Å². The van der Waals surface area contributed by atoms with Crippen LogP contribution in [0, 0.1) is 0 Å². The number of benzene rings is 8. The topological polar surface area (TPSA) is 35.6 Å². The fraction of sp³-hybridized carbons (Fsp3) is 0.183. The summed E-state index contributed by atoms with van der Waals surface area (Å²) in [4.78, 5) is 11.0. The maximum atomic E-state index is 5.49. The number of allylic oxidation sites excluding steroid dienone is 21. The van der Waals surface area contributed by atoms with Crippen LogP contribution in [0.15, 0.2) is 304 Å². The van der Waals surface area contributed by atoms with E-state index in [2.05, 4.69) is 331 Å². The predicted octanol–water partition coefficient (Wildman–Crippen LogP) is 24.2. The molecule has 8 aromatic carbocycles. The summed E-state index contributed by atoms with van der Waals surface area (Å²) in [6.45, 7) is 26.2. The van der Waals surface area contributed by atoms with Crippen molar-refractivity contribution in [3.05, 3.63) is 360 Å². The first kappa shape index (κ1) is 67.7. The van der Waals surface area contributed by atoms with E-state index in [1.807, 2.05) is 18.2 Å². The highest BCUT2D eigenvalue weighted by Gasteiger charge is 2.21. The zero-order chi connectivity index (χ0) is 67.5. The Hall–Kier alpha value is -10.7. The van der Waals surface area contributed by atoms with Crippen LogP contribution >= 0.6 is 0 Å². The predicted molar refractivity (Wildman–Crippen MR) is 423 cm³/mol. The number of hydrogen-bond acceptors (Lipinski definition) is 2. The van der Waals surface area contributed by atoms with Gasteiger partial charge < -0.3 is 0 Å². The van der Waals surface area contributed by atoms with E-state index in [9.17, 15) is 0 Å². The van der Waals surface area contributed by atoms with Crippen LogP contribution in [0.5, 0.6) is 0 Å². The van der Waals surface area contributed by atoms with Crippen LogP contribution in [0.1, 0.15) is 152 Å². The molecule has 12 rings (SSSR count). The van der Waals surface area contributed by atoms with Gasteiger partial charge >= 0.3 is 0 Å². The lowest BCUT2D eigenvalue weighted by Gasteiger charge is -2.18. The van der Waals surface area contributed by atoms with Gasteiger partial charge in [0.1, 0.15) is 11.6 Å². The van der Waals surface area contributed by atoms with Crippen molar-refractivity contribution in [3.63, 3.8) is 0 Å². The molecule has 486 valence electrons. The Morgan fingerprint density at radius 1 is 0.546 bits per heavy atom. The third kappa shape index (κ3) is 16.0. The van der Waals surface area contributed by atoms with E-state index in [0.717, 1.165) is 149 Å². The summed E-state index contributed by atoms with van der Waals surface area (Å²) in [6, 6.07) is 70.8. The van der Waals surface area contributed by atoms with E-state index >= 15 is 0 Å². The second-order valence-electron chi connectivity index (χ2n) is 25.2. The quantitative estimate of drug-likeness (QED) is 0.0501. The average Bonchev–Trinajstić information content (AvgIpc) is 1.47. The van der Waals surface area contributed by atoms with Crippen LogP contribution in [0.4, 0.5) is 0 Å². The van der Waals surface area contributed by atoms with Crippen LogP contribution in [0.25, 0.3) is 89.2 Å². The molecular formula is C93H94N4. The van der Waals surface area contributed by atoms with Crippen molar-refractivity contribution in [2.75, 3.05) is 0 Å². The van der Waals surface area contributed by atoms with Crippen molar-refractivity contribution in [2.24, 2.45) is 0 Å². The molecule has 0 radical (unpaired) electrons. The molecule has 0 spiro atoms. The third-order valence-corrected chi connectivity index (χ3v) is 18.3. The maximum absolute atomic E-state index is 5.49. The van der Waals surface area contributed by atoms with Crippen LogP contribution in [0.3, 0.4) is 0 Å². The molecule has 0 atom stereocenters. The van der Waals surface area contributed by atoms with Gasteiger partial charge in [-0.25, -0.2) is 9.97 Å². The second kappa shape index (κ2) is 33.1. The molecule has 0 fully saturated rings. The Labute approximate surface area is 578 Å². The van der Waals surface area contributed by atoms with Gasteiger partial charge in [-0.1, -0.05) is 267 Å². The minimum atomic E-state index is 0. The molecule has 0 N–H and O–H groups in total. The number of rotatable bonds is 22. The number of nitrogens with zero attached hydrogens (tertiary/aromatic N) is 4. The van der Waals surface area contributed by atoms with Crippen molar-refractivity contribution < 1.29 is 1.43 Å². The van der Waals surface area contributed by atoms with E-state index in [0.29, 0.717) is 12.8 Å². The molecule has 2 aliphatic carbocycles. The molecule has 0 aliphatic heterocycles. The Bertz CT molecular complexity index is 4910. The van der Waals surface area contributed by atoms with Gasteiger partial charge in [0.2, 0.25) is 0 Å². The summed E-state index contributed by atoms with van der Waals surface area (Å²) in [6.07, 6.45) is 42.1. The van der Waals surface area contributed by atoms with Gasteiger partial charge in [-0.05, 0) is 244 Å². The second-order valence-corrected chi connectivity index (χ2v) is 25.2. The molecule has 4 nitrogen and oxygen atoms in total. The van der Waals surface area contributed by atoms with E-state index in [-0.39, 0.29) is 1.43 Å². The monoisotopic (exact) mass is 1270 g/mol. The molecule has 0 saturated heterocycles. The smallest absolute Gasteiger partial charge is 0.145 e. The van der Waals surface area contributed by atoms with Gasteiger partial charge in [-0.15, -0.1) is 0 Å². The minimum absolute atomic E-state index is 0. The van der Waals surface area contributed by atoms with Crippen molar-refractivity contribution in [3.8, 4) is 22.5 Å². The lowest BCUT2D eigenvalue weighted by Crippen LogP contribution is -2.30. The highest BCUT2D eigenvalue weighted by molar-refractivity contribution is 5.92. The Morgan fingerprint density at radius 2 is 1.19 bits per heavy atom. The van der Waals surface area contributed by atoms with Crippen LogP contribution in [-0.4, -0.2) is 19.1 Å². The maximum Gasteiger partial charge on any atom is 0.145 e. The fourth-order valence-corrected chi connectivity index (χ4v) is 13.1. The largest absolute Gasteiger partial charge is 0.293 e. The highest BCUT2D eigenvalue weighted by Crippen LogP contribution is 2.36. The lowest BCUT2D eigenvalue weighted by atomic mass is 9.87. The van der Waals surface area contributed by atoms with E-state index in [1.165, 1.54) is 58.7 Å². The lowest BCUT2D eigenvalue weighted by molar-refractivity contribution is 0.677. The summed E-state index contributed by atoms with van der Waals surface area (Å²) < 4.78 is 4.63. The number of imidazole rings is 2.